The molecule has 6 nitrogen and oxygen atoms in total. The molecule has 1 aromatic heterocycles. The number of rotatable bonds is 2. The minimum Gasteiger partial charge on any atom is -0.478 e. The number of carboxylic acids is 1. The van der Waals surface area contributed by atoms with Crippen LogP contribution in [0, 0.1) is 0 Å². The molecule has 0 aliphatic carbocycles. The van der Waals surface area contributed by atoms with Crippen LogP contribution in [0.4, 0.5) is 11.5 Å². The second-order valence-corrected chi connectivity index (χ2v) is 4.09. The van der Waals surface area contributed by atoms with Crippen LogP contribution in [-0.4, -0.2) is 33.7 Å². The van der Waals surface area contributed by atoms with E-state index in [2.05, 4.69) is 9.97 Å². The first-order chi connectivity index (χ1) is 9.25. The topological polar surface area (TPSA) is 75.5 Å². The molecule has 96 valence electrons. The highest BCUT2D eigenvalue weighted by Crippen LogP contribution is 2.36. The van der Waals surface area contributed by atoms with E-state index >= 15 is 0 Å². The SMILES string of the molecule is O=C(O)C1CN(c2ccncn2)c2ccccc2O1. The lowest BCUT2D eigenvalue weighted by Crippen LogP contribution is -2.42. The first-order valence-electron chi connectivity index (χ1n) is 5.78. The summed E-state index contributed by atoms with van der Waals surface area (Å²) >= 11 is 0. The van der Waals surface area contributed by atoms with Gasteiger partial charge in [0.1, 0.15) is 17.9 Å². The molecule has 0 spiro atoms. The lowest BCUT2D eigenvalue weighted by atomic mass is 10.2. The van der Waals surface area contributed by atoms with Crippen LogP contribution in [0.5, 0.6) is 5.75 Å². The number of carboxylic acid groups (broad SMARTS) is 1. The minimum absolute atomic E-state index is 0.212. The molecule has 6 heteroatoms. The van der Waals surface area contributed by atoms with Gasteiger partial charge in [0.05, 0.1) is 12.2 Å². The quantitative estimate of drug-likeness (QED) is 0.877. The highest BCUT2D eigenvalue weighted by Gasteiger charge is 2.31. The van der Waals surface area contributed by atoms with E-state index in [1.165, 1.54) is 6.33 Å². The van der Waals surface area contributed by atoms with Gasteiger partial charge in [-0.1, -0.05) is 12.1 Å². The van der Waals surface area contributed by atoms with Gasteiger partial charge in [0.15, 0.2) is 0 Å². The Bertz CT molecular complexity index is 603. The predicted octanol–water partition coefficient (Wildman–Crippen LogP) is 1.46. The van der Waals surface area contributed by atoms with Gasteiger partial charge in [-0.2, -0.15) is 0 Å². The molecule has 1 aromatic carbocycles. The van der Waals surface area contributed by atoms with Crippen molar-refractivity contribution in [3.8, 4) is 5.75 Å². The van der Waals surface area contributed by atoms with Crippen molar-refractivity contribution in [1.29, 1.82) is 0 Å². The number of benzene rings is 1. The van der Waals surface area contributed by atoms with E-state index in [1.807, 2.05) is 17.0 Å². The van der Waals surface area contributed by atoms with Gasteiger partial charge < -0.3 is 14.7 Å². The van der Waals surface area contributed by atoms with E-state index in [-0.39, 0.29) is 6.54 Å². The zero-order valence-corrected chi connectivity index (χ0v) is 9.93. The molecule has 0 radical (unpaired) electrons. The van der Waals surface area contributed by atoms with Crippen molar-refractivity contribution in [3.63, 3.8) is 0 Å². The number of para-hydroxylation sites is 2. The standard InChI is InChI=1S/C13H11N3O3/c17-13(18)11-7-16(12-5-6-14-8-15-12)9-3-1-2-4-10(9)19-11/h1-6,8,11H,7H2,(H,17,18). The molecule has 2 aromatic rings. The highest BCUT2D eigenvalue weighted by atomic mass is 16.5. The smallest absolute Gasteiger partial charge is 0.346 e. The van der Waals surface area contributed by atoms with Gasteiger partial charge >= 0.3 is 5.97 Å². The second kappa shape index (κ2) is 4.56. The summed E-state index contributed by atoms with van der Waals surface area (Å²) in [4.78, 5) is 21.0. The third-order valence-electron chi connectivity index (χ3n) is 2.89. The van der Waals surface area contributed by atoms with Crippen molar-refractivity contribution in [2.45, 2.75) is 6.10 Å². The van der Waals surface area contributed by atoms with Gasteiger partial charge in [0, 0.05) is 6.20 Å². The number of anilines is 2. The van der Waals surface area contributed by atoms with Crippen molar-refractivity contribution in [2.24, 2.45) is 0 Å². The van der Waals surface area contributed by atoms with Gasteiger partial charge in [-0.3, -0.25) is 0 Å². The Kier molecular flexibility index (Phi) is 2.75. The molecule has 0 bridgehead atoms. The van der Waals surface area contributed by atoms with E-state index in [4.69, 9.17) is 9.84 Å². The first-order valence-corrected chi connectivity index (χ1v) is 5.78. The second-order valence-electron chi connectivity index (χ2n) is 4.09. The maximum Gasteiger partial charge on any atom is 0.346 e. The molecule has 1 aliphatic rings. The Morgan fingerprint density at radius 3 is 2.95 bits per heavy atom. The van der Waals surface area contributed by atoms with Gasteiger partial charge in [-0.05, 0) is 18.2 Å². The minimum atomic E-state index is -0.992. The van der Waals surface area contributed by atoms with Crippen molar-refractivity contribution in [3.05, 3.63) is 42.9 Å². The van der Waals surface area contributed by atoms with E-state index in [0.29, 0.717) is 11.6 Å². The Balaban J connectivity index is 2.06. The van der Waals surface area contributed by atoms with Crippen LogP contribution in [0.25, 0.3) is 0 Å². The fraction of sp³-hybridized carbons (Fsp3) is 0.154. The van der Waals surface area contributed by atoms with Gasteiger partial charge in [0.2, 0.25) is 6.10 Å². The molecule has 0 amide bonds. The molecule has 1 atom stereocenters. The molecule has 1 N–H and O–H groups in total. The normalized spacial score (nSPS) is 17.5. The van der Waals surface area contributed by atoms with E-state index in [0.717, 1.165) is 5.69 Å². The number of nitrogens with zero attached hydrogens (tertiary/aromatic N) is 3. The number of fused-ring (bicyclic) bond motifs is 1. The number of aliphatic carboxylic acids is 1. The Morgan fingerprint density at radius 2 is 2.21 bits per heavy atom. The molecule has 0 fully saturated rings. The summed E-state index contributed by atoms with van der Waals surface area (Å²) in [6.45, 7) is 0.212. The summed E-state index contributed by atoms with van der Waals surface area (Å²) in [6.07, 6.45) is 2.14. The lowest BCUT2D eigenvalue weighted by Gasteiger charge is -2.33. The zero-order chi connectivity index (χ0) is 13.2. The summed E-state index contributed by atoms with van der Waals surface area (Å²) < 4.78 is 5.46. The molecule has 2 heterocycles. The van der Waals surface area contributed by atoms with Crippen LogP contribution in [0.3, 0.4) is 0 Å². The number of hydrogen-bond acceptors (Lipinski definition) is 5. The zero-order valence-electron chi connectivity index (χ0n) is 9.93. The molecule has 1 aliphatic heterocycles. The third-order valence-corrected chi connectivity index (χ3v) is 2.89. The predicted molar refractivity (Wildman–Crippen MR) is 67.5 cm³/mol. The summed E-state index contributed by atoms with van der Waals surface area (Å²) in [5.41, 5.74) is 0.804. The molecular formula is C13H11N3O3. The van der Waals surface area contributed by atoms with Crippen molar-refractivity contribution >= 4 is 17.5 Å². The van der Waals surface area contributed by atoms with Crippen LogP contribution in [0.15, 0.2) is 42.9 Å². The molecule has 0 saturated heterocycles. The van der Waals surface area contributed by atoms with Crippen molar-refractivity contribution in [1.82, 2.24) is 9.97 Å². The van der Waals surface area contributed by atoms with E-state index in [9.17, 15) is 4.79 Å². The summed E-state index contributed by atoms with van der Waals surface area (Å²) in [7, 11) is 0. The van der Waals surface area contributed by atoms with Crippen molar-refractivity contribution in [2.75, 3.05) is 11.4 Å². The lowest BCUT2D eigenvalue weighted by molar-refractivity contribution is -0.144. The Hall–Kier alpha value is -2.63. The van der Waals surface area contributed by atoms with Crippen LogP contribution >= 0.6 is 0 Å². The van der Waals surface area contributed by atoms with E-state index < -0.39 is 12.1 Å². The largest absolute Gasteiger partial charge is 0.478 e. The number of aromatic nitrogens is 2. The monoisotopic (exact) mass is 257 g/mol. The summed E-state index contributed by atoms with van der Waals surface area (Å²) in [5, 5.41) is 9.14. The first kappa shape index (κ1) is 11.5. The summed E-state index contributed by atoms with van der Waals surface area (Å²) in [5.74, 6) is 0.199. The number of carbonyl (C=O) groups is 1. The van der Waals surface area contributed by atoms with Crippen molar-refractivity contribution < 1.29 is 14.6 Å². The maximum atomic E-state index is 11.2. The number of hydrogen-bond donors (Lipinski definition) is 1. The Labute approximate surface area is 109 Å². The van der Waals surface area contributed by atoms with E-state index in [1.54, 1.807) is 24.4 Å². The van der Waals surface area contributed by atoms with Crippen LogP contribution in [-0.2, 0) is 4.79 Å². The third kappa shape index (κ3) is 2.08. The average molecular weight is 257 g/mol. The van der Waals surface area contributed by atoms with Gasteiger partial charge in [0.25, 0.3) is 0 Å². The van der Waals surface area contributed by atoms with Gasteiger partial charge in [-0.25, -0.2) is 14.8 Å². The van der Waals surface area contributed by atoms with Gasteiger partial charge in [-0.15, -0.1) is 0 Å². The molecule has 0 saturated carbocycles. The maximum absolute atomic E-state index is 11.2. The van der Waals surface area contributed by atoms with Crippen LogP contribution in [0.2, 0.25) is 0 Å². The fourth-order valence-electron chi connectivity index (χ4n) is 2.02. The number of ether oxygens (including phenoxy) is 1. The molecule has 3 rings (SSSR count). The molecule has 1 unspecified atom stereocenters. The van der Waals surface area contributed by atoms with Crippen LogP contribution in [0.1, 0.15) is 0 Å². The average Bonchev–Trinajstić information content (AvgIpc) is 2.47. The fourth-order valence-corrected chi connectivity index (χ4v) is 2.02. The molecule has 19 heavy (non-hydrogen) atoms. The molecular weight excluding hydrogens is 246 g/mol. The summed E-state index contributed by atoms with van der Waals surface area (Å²) in [6, 6.07) is 9.04. The Morgan fingerprint density at radius 1 is 1.37 bits per heavy atom. The van der Waals surface area contributed by atoms with Crippen LogP contribution < -0.4 is 9.64 Å². The highest BCUT2D eigenvalue weighted by molar-refractivity contribution is 5.78.